The number of rotatable bonds is 4. The molecule has 0 saturated carbocycles. The van der Waals surface area contributed by atoms with Crippen molar-refractivity contribution in [3.05, 3.63) is 22.1 Å². The summed E-state index contributed by atoms with van der Waals surface area (Å²) in [5.74, 6) is 0.986. The molecule has 0 aliphatic heterocycles. The van der Waals surface area contributed by atoms with Crippen molar-refractivity contribution in [2.75, 3.05) is 19.8 Å². The summed E-state index contributed by atoms with van der Waals surface area (Å²) in [5, 5.41) is 38.8. The number of allylic oxidation sites excluding steroid dienone is 4. The van der Waals surface area contributed by atoms with Crippen molar-refractivity contribution in [2.45, 2.75) is 68.9 Å². The van der Waals surface area contributed by atoms with Gasteiger partial charge in [-0.2, -0.15) is 0 Å². The third-order valence-corrected chi connectivity index (χ3v) is 7.65. The molecule has 0 fully saturated rings. The van der Waals surface area contributed by atoms with E-state index in [1.54, 1.807) is 3.88 Å². The Bertz CT molecular complexity index is 333. The van der Waals surface area contributed by atoms with Crippen LogP contribution in [0.5, 0.6) is 0 Å². The van der Waals surface area contributed by atoms with Crippen molar-refractivity contribution in [3.8, 4) is 0 Å². The van der Waals surface area contributed by atoms with Gasteiger partial charge in [-0.15, -0.1) is 19.8 Å². The first-order valence-electron chi connectivity index (χ1n) is 9.52. The molecule has 3 nitrogen and oxygen atoms in total. The van der Waals surface area contributed by atoms with Crippen LogP contribution in [0.4, 0.5) is 0 Å². The van der Waals surface area contributed by atoms with E-state index in [4.69, 9.17) is 0 Å². The van der Waals surface area contributed by atoms with E-state index in [0.29, 0.717) is 17.8 Å². The average Bonchev–Trinajstić information content (AvgIpc) is 3.03. The Kier molecular flexibility index (Phi) is 18.1. The van der Waals surface area contributed by atoms with Crippen LogP contribution in [0.2, 0.25) is 20.9 Å². The second kappa shape index (κ2) is 15.2. The standard InChI is InChI=1S/C5H5.3C4H9O.4CH3.Ti/c1-2-4-5-3-1;3*1-4(2)3-5;;;;;/h1-3H,4H2;3*4H,3H2,1-2H3;4*1H3;/q;3*-1;;;;;+3. The summed E-state index contributed by atoms with van der Waals surface area (Å²) in [7, 11) is 0. The Morgan fingerprint density at radius 2 is 1.04 bits per heavy atom. The van der Waals surface area contributed by atoms with Gasteiger partial charge >= 0.3 is 64.7 Å². The monoisotopic (exact) mass is 392 g/mol. The first kappa shape index (κ1) is 29.8. The van der Waals surface area contributed by atoms with Gasteiger partial charge < -0.3 is 15.3 Å². The zero-order valence-corrected chi connectivity index (χ0v) is 20.1. The van der Waals surface area contributed by atoms with E-state index < -0.39 is 15.3 Å². The van der Waals surface area contributed by atoms with Gasteiger partial charge in [0.15, 0.2) is 0 Å². The van der Waals surface area contributed by atoms with Crippen LogP contribution in [0.3, 0.4) is 0 Å². The van der Waals surface area contributed by atoms with Crippen molar-refractivity contribution >= 4 is 0 Å². The molecule has 25 heavy (non-hydrogen) atoms. The van der Waals surface area contributed by atoms with Crippen molar-refractivity contribution in [1.82, 2.24) is 0 Å². The van der Waals surface area contributed by atoms with Crippen LogP contribution in [-0.2, 0) is 15.3 Å². The van der Waals surface area contributed by atoms with Gasteiger partial charge in [0, 0.05) is 0 Å². The normalized spacial score (nSPS) is 12.6. The van der Waals surface area contributed by atoms with Gasteiger partial charge in [0.25, 0.3) is 0 Å². The minimum absolute atomic E-state index is 0.0556. The molecular weight excluding hydrogens is 348 g/mol. The predicted molar refractivity (Wildman–Crippen MR) is 104 cm³/mol. The van der Waals surface area contributed by atoms with Gasteiger partial charge in [0.05, 0.1) is 0 Å². The summed E-state index contributed by atoms with van der Waals surface area (Å²) in [5.41, 5.74) is 0. The van der Waals surface area contributed by atoms with Crippen molar-refractivity contribution in [3.63, 3.8) is 0 Å². The van der Waals surface area contributed by atoms with Gasteiger partial charge in [-0.05, 0) is 0 Å². The van der Waals surface area contributed by atoms with Crippen LogP contribution in [0, 0.1) is 17.8 Å². The average molecular weight is 392 g/mol. The van der Waals surface area contributed by atoms with Crippen molar-refractivity contribution in [2.24, 2.45) is 17.8 Å². The maximum absolute atomic E-state index is 9.63. The molecule has 0 heterocycles. The fourth-order valence-electron chi connectivity index (χ4n) is 1.19. The molecule has 1 aliphatic carbocycles. The van der Waals surface area contributed by atoms with Crippen LogP contribution in [0.25, 0.3) is 0 Å². The van der Waals surface area contributed by atoms with Crippen LogP contribution in [0.1, 0.15) is 48.0 Å². The molecule has 0 aromatic heterocycles. The zero-order valence-electron chi connectivity index (χ0n) is 18.5. The summed E-state index contributed by atoms with van der Waals surface area (Å²) >= 11 is -2.02. The van der Waals surface area contributed by atoms with E-state index >= 15 is 0 Å². The first-order valence-corrected chi connectivity index (χ1v) is 16.5. The van der Waals surface area contributed by atoms with Gasteiger partial charge in [0.2, 0.25) is 0 Å². The molecule has 0 radical (unpaired) electrons. The number of hydrogen-bond donors (Lipinski definition) is 0. The summed E-state index contributed by atoms with van der Waals surface area (Å²) in [6, 6.07) is 0. The number of hydrogen-bond acceptors (Lipinski definition) is 3. The van der Waals surface area contributed by atoms with Gasteiger partial charge in [-0.25, -0.2) is 0 Å². The van der Waals surface area contributed by atoms with Crippen LogP contribution < -0.4 is 15.3 Å². The molecule has 0 unspecified atom stereocenters. The topological polar surface area (TPSA) is 69.2 Å². The quantitative estimate of drug-likeness (QED) is 0.685. The zero-order chi connectivity index (χ0) is 20.7. The van der Waals surface area contributed by atoms with Crippen LogP contribution in [0.15, 0.2) is 22.1 Å². The Morgan fingerprint density at radius 3 is 1.12 bits per heavy atom. The fraction of sp³-hybridized carbons (Fsp3) is 0.810. The summed E-state index contributed by atoms with van der Waals surface area (Å²) in [6.45, 7) is 11.6. The van der Waals surface area contributed by atoms with Gasteiger partial charge in [-0.3, -0.25) is 0 Å². The molecule has 0 aromatic carbocycles. The molecule has 0 atom stereocenters. The second-order valence-corrected chi connectivity index (χ2v) is 23.5. The molecule has 4 heteroatoms. The molecule has 0 saturated heterocycles. The first-order chi connectivity index (χ1) is 11.2. The van der Waals surface area contributed by atoms with Crippen LogP contribution in [-0.4, -0.2) is 19.8 Å². The molecular formula is C21H44O3Ti. The van der Waals surface area contributed by atoms with E-state index in [2.05, 4.69) is 39.1 Å². The molecule has 0 bridgehead atoms. The summed E-state index contributed by atoms with van der Waals surface area (Å²) in [4.78, 5) is 0. The van der Waals surface area contributed by atoms with E-state index in [9.17, 15) is 15.3 Å². The molecule has 150 valence electrons. The van der Waals surface area contributed by atoms with E-state index in [1.807, 2.05) is 41.5 Å². The summed E-state index contributed by atoms with van der Waals surface area (Å²) in [6.07, 6.45) is 7.99. The summed E-state index contributed by atoms with van der Waals surface area (Å²) < 4.78 is 1.72. The fourth-order valence-corrected chi connectivity index (χ4v) is 3.84. The minimum atomic E-state index is -2.02. The van der Waals surface area contributed by atoms with Gasteiger partial charge in [-0.1, -0.05) is 59.3 Å². The molecule has 0 aromatic rings. The predicted octanol–water partition coefficient (Wildman–Crippen LogP) is 3.72. The molecule has 0 amide bonds. The van der Waals surface area contributed by atoms with Gasteiger partial charge in [0.1, 0.15) is 0 Å². The Morgan fingerprint density at radius 1 is 0.760 bits per heavy atom. The molecule has 0 spiro atoms. The third-order valence-electron chi connectivity index (χ3n) is 3.06. The maximum atomic E-state index is 9.63. The van der Waals surface area contributed by atoms with Crippen molar-refractivity contribution < 1.29 is 30.6 Å². The molecule has 0 N–H and O–H groups in total. The Hall–Kier alpha value is 0.0743. The SMILES string of the molecule is CC(C)C[O-].CC(C)C[O-].CC(C)C[O-].[CH3][Ti+3]([CH3])([CH3])([CH3])[C]1=CC=CC1. The molecule has 1 rings (SSSR count). The Labute approximate surface area is 159 Å². The van der Waals surface area contributed by atoms with E-state index in [1.165, 1.54) is 6.42 Å². The van der Waals surface area contributed by atoms with Crippen molar-refractivity contribution in [1.29, 1.82) is 0 Å². The second-order valence-electron chi connectivity index (χ2n) is 10.0. The van der Waals surface area contributed by atoms with E-state index in [0.717, 1.165) is 0 Å². The third kappa shape index (κ3) is 26.4. The Balaban J connectivity index is -0.000000279. The van der Waals surface area contributed by atoms with Crippen LogP contribution >= 0.6 is 0 Å². The molecule has 1 aliphatic rings. The van der Waals surface area contributed by atoms with E-state index in [-0.39, 0.29) is 19.8 Å².